The van der Waals surface area contributed by atoms with Crippen LogP contribution in [0.1, 0.15) is 19.3 Å². The van der Waals surface area contributed by atoms with Crippen molar-refractivity contribution in [2.45, 2.75) is 25.3 Å². The molecule has 118 valence electrons. The highest BCUT2D eigenvalue weighted by Crippen LogP contribution is 2.19. The van der Waals surface area contributed by atoms with Crippen molar-refractivity contribution in [2.24, 2.45) is 0 Å². The van der Waals surface area contributed by atoms with E-state index in [9.17, 15) is 8.42 Å². The molecule has 0 aromatic carbocycles. The van der Waals surface area contributed by atoms with Gasteiger partial charge in [0, 0.05) is 45.3 Å². The van der Waals surface area contributed by atoms with Gasteiger partial charge in [0.25, 0.3) is 10.2 Å². The molecule has 0 aromatic rings. The molecule has 0 radical (unpaired) electrons. The summed E-state index contributed by atoms with van der Waals surface area (Å²) >= 11 is 0. The zero-order valence-corrected chi connectivity index (χ0v) is 13.3. The Kier molecular flexibility index (Phi) is 5.76. The van der Waals surface area contributed by atoms with Crippen LogP contribution < -0.4 is 10.1 Å². The van der Waals surface area contributed by atoms with Crippen LogP contribution in [0.2, 0.25) is 0 Å². The van der Waals surface area contributed by atoms with Crippen molar-refractivity contribution in [3.63, 3.8) is 0 Å². The maximum absolute atomic E-state index is 12.6. The minimum atomic E-state index is -3.42. The highest BCUT2D eigenvalue weighted by Gasteiger charge is 2.33. The second-order valence-corrected chi connectivity index (χ2v) is 7.31. The van der Waals surface area contributed by atoms with E-state index in [0.717, 1.165) is 45.4 Å². The lowest BCUT2D eigenvalue weighted by Gasteiger charge is -2.38. The summed E-state index contributed by atoms with van der Waals surface area (Å²) in [5, 5.41) is 4.91. The van der Waals surface area contributed by atoms with Gasteiger partial charge >= 0.3 is 0 Å². The number of nitrogens with one attached hydrogen (secondary N) is 2. The van der Waals surface area contributed by atoms with Crippen LogP contribution in [0.5, 0.6) is 0 Å². The van der Waals surface area contributed by atoms with E-state index in [0.29, 0.717) is 13.1 Å². The molecule has 2 heterocycles. The van der Waals surface area contributed by atoms with Gasteiger partial charge in [-0.2, -0.15) is 12.7 Å². The third kappa shape index (κ3) is 4.12. The van der Waals surface area contributed by atoms with Crippen molar-refractivity contribution >= 4 is 10.2 Å². The lowest BCUT2D eigenvalue weighted by Crippen LogP contribution is -2.59. The second-order valence-electron chi connectivity index (χ2n) is 5.70. The molecule has 8 heteroatoms. The number of likely N-dealkylation sites (N-methyl/N-ethyl adjacent to an activating group) is 2. The second kappa shape index (κ2) is 7.15. The monoisotopic (exact) mass is 305 g/mol. The van der Waals surface area contributed by atoms with Crippen LogP contribution in [0, 0.1) is 0 Å². The van der Waals surface area contributed by atoms with Gasteiger partial charge in [-0.25, -0.2) is 5.01 Å². The lowest BCUT2D eigenvalue weighted by atomic mass is 10.1. The normalized spacial score (nSPS) is 27.8. The van der Waals surface area contributed by atoms with Crippen molar-refractivity contribution in [1.82, 2.24) is 24.4 Å². The fourth-order valence-electron chi connectivity index (χ4n) is 2.84. The van der Waals surface area contributed by atoms with Gasteiger partial charge in [0.15, 0.2) is 0 Å². The van der Waals surface area contributed by atoms with Crippen LogP contribution in [0.15, 0.2) is 0 Å². The summed E-state index contributed by atoms with van der Waals surface area (Å²) in [5.41, 5.74) is 0. The number of piperidine rings is 1. The van der Waals surface area contributed by atoms with Gasteiger partial charge in [-0.3, -0.25) is 0 Å². The molecule has 2 aliphatic heterocycles. The Morgan fingerprint density at radius 1 is 1.10 bits per heavy atom. The Balaban J connectivity index is 1.97. The van der Waals surface area contributed by atoms with Crippen molar-refractivity contribution in [2.75, 3.05) is 53.4 Å². The molecule has 7 nitrogen and oxygen atoms in total. The number of hydrogen-bond donors (Lipinski definition) is 2. The molecular weight excluding hydrogens is 278 g/mol. The van der Waals surface area contributed by atoms with E-state index in [4.69, 9.17) is 0 Å². The summed E-state index contributed by atoms with van der Waals surface area (Å²) < 4.78 is 26.7. The smallest absolute Gasteiger partial charge is 0.292 e. The van der Waals surface area contributed by atoms with Gasteiger partial charge in [-0.15, -0.1) is 4.83 Å². The average molecular weight is 305 g/mol. The maximum atomic E-state index is 12.6. The molecule has 2 N–H and O–H groups in total. The van der Waals surface area contributed by atoms with Gasteiger partial charge in [-0.1, -0.05) is 6.42 Å². The number of piperazine rings is 1. The van der Waals surface area contributed by atoms with Crippen LogP contribution >= 0.6 is 0 Å². The summed E-state index contributed by atoms with van der Waals surface area (Å²) in [7, 11) is 0.502. The quantitative estimate of drug-likeness (QED) is 0.686. The molecule has 2 fully saturated rings. The first-order chi connectivity index (χ1) is 9.53. The zero-order valence-electron chi connectivity index (χ0n) is 12.5. The van der Waals surface area contributed by atoms with Crippen LogP contribution in [0.3, 0.4) is 0 Å². The molecule has 0 bridgehead atoms. The summed E-state index contributed by atoms with van der Waals surface area (Å²) in [6.07, 6.45) is 2.99. The molecule has 1 atom stereocenters. The van der Waals surface area contributed by atoms with E-state index in [1.54, 1.807) is 4.31 Å². The summed E-state index contributed by atoms with van der Waals surface area (Å²) in [6, 6.07) is 0.0683. The van der Waals surface area contributed by atoms with E-state index in [-0.39, 0.29) is 6.04 Å². The van der Waals surface area contributed by atoms with E-state index in [1.165, 1.54) is 0 Å². The molecule has 0 aliphatic carbocycles. The molecule has 2 rings (SSSR count). The summed E-state index contributed by atoms with van der Waals surface area (Å²) in [6.45, 7) is 4.59. The molecule has 0 spiro atoms. The van der Waals surface area contributed by atoms with Gasteiger partial charge < -0.3 is 10.2 Å². The van der Waals surface area contributed by atoms with Crippen molar-refractivity contribution in [3.05, 3.63) is 0 Å². The largest absolute Gasteiger partial charge is 0.318 e. The molecule has 2 saturated heterocycles. The predicted octanol–water partition coefficient (Wildman–Crippen LogP) is -0.943. The lowest BCUT2D eigenvalue weighted by molar-refractivity contribution is 0.128. The Morgan fingerprint density at radius 2 is 1.80 bits per heavy atom. The number of rotatable bonds is 5. The first-order valence-corrected chi connectivity index (χ1v) is 8.84. The van der Waals surface area contributed by atoms with Crippen LogP contribution in [0.25, 0.3) is 0 Å². The van der Waals surface area contributed by atoms with Crippen molar-refractivity contribution < 1.29 is 8.42 Å². The van der Waals surface area contributed by atoms with E-state index in [1.807, 2.05) is 12.1 Å². The van der Waals surface area contributed by atoms with Gasteiger partial charge in [-0.05, 0) is 26.9 Å². The first kappa shape index (κ1) is 16.1. The molecular formula is C12H27N5O2S. The molecule has 0 saturated carbocycles. The number of hydrazine groups is 1. The van der Waals surface area contributed by atoms with Crippen LogP contribution in [0.4, 0.5) is 0 Å². The molecule has 0 aromatic heterocycles. The topological polar surface area (TPSA) is 67.9 Å². The Bertz CT molecular complexity index is 393. The van der Waals surface area contributed by atoms with Gasteiger partial charge in [0.05, 0.1) is 0 Å². The van der Waals surface area contributed by atoms with Gasteiger partial charge in [0.1, 0.15) is 0 Å². The molecule has 0 amide bonds. The summed E-state index contributed by atoms with van der Waals surface area (Å²) in [5.74, 6) is 0. The van der Waals surface area contributed by atoms with E-state index in [2.05, 4.69) is 22.1 Å². The minimum Gasteiger partial charge on any atom is -0.318 e. The van der Waals surface area contributed by atoms with E-state index >= 15 is 0 Å². The fourth-order valence-corrected chi connectivity index (χ4v) is 4.40. The predicted molar refractivity (Wildman–Crippen MR) is 79.4 cm³/mol. The fraction of sp³-hybridized carbons (Fsp3) is 1.00. The molecule has 1 unspecified atom stereocenters. The van der Waals surface area contributed by atoms with Crippen molar-refractivity contribution in [3.8, 4) is 0 Å². The average Bonchev–Trinajstić information content (AvgIpc) is 2.42. The van der Waals surface area contributed by atoms with E-state index < -0.39 is 10.2 Å². The number of nitrogens with zero attached hydrogens (tertiary/aromatic N) is 3. The van der Waals surface area contributed by atoms with Crippen molar-refractivity contribution in [1.29, 1.82) is 0 Å². The SMILES string of the molecule is CNCC1CCCCN1S(=O)(=O)NN1CCN(C)CC1. The maximum Gasteiger partial charge on any atom is 0.292 e. The molecule has 20 heavy (non-hydrogen) atoms. The third-order valence-corrected chi connectivity index (χ3v) is 5.66. The summed E-state index contributed by atoms with van der Waals surface area (Å²) in [4.78, 5) is 4.95. The van der Waals surface area contributed by atoms with Crippen LogP contribution in [-0.2, 0) is 10.2 Å². The minimum absolute atomic E-state index is 0.0683. The third-order valence-electron chi connectivity index (χ3n) is 4.07. The van der Waals surface area contributed by atoms with Gasteiger partial charge in [0.2, 0.25) is 0 Å². The standard InChI is InChI=1S/C12H27N5O2S/c1-13-11-12-5-3-4-6-17(12)20(18,19)14-16-9-7-15(2)8-10-16/h12-14H,3-11H2,1-2H3. The highest BCUT2D eigenvalue weighted by atomic mass is 32.2. The van der Waals surface area contributed by atoms with Crippen LogP contribution in [-0.4, -0.2) is 82.0 Å². The zero-order chi connectivity index (χ0) is 14.6. The Labute approximate surface area is 122 Å². The highest BCUT2D eigenvalue weighted by molar-refractivity contribution is 7.87. The molecule has 2 aliphatic rings. The Hall–Kier alpha value is -0.250. The first-order valence-electron chi connectivity index (χ1n) is 7.40. The Morgan fingerprint density at radius 3 is 2.45 bits per heavy atom. The number of hydrogen-bond acceptors (Lipinski definition) is 5.